The van der Waals surface area contributed by atoms with Gasteiger partial charge < -0.3 is 10.1 Å². The fraction of sp³-hybridized carbons (Fsp3) is 0.231. The van der Waals surface area contributed by atoms with Gasteiger partial charge >= 0.3 is 0 Å². The number of nitrogens with zero attached hydrogens (tertiary/aromatic N) is 1. The van der Waals surface area contributed by atoms with Crippen LogP contribution < -0.4 is 5.32 Å². The van der Waals surface area contributed by atoms with Gasteiger partial charge in [-0.2, -0.15) is 5.26 Å². The first-order chi connectivity index (χ1) is 8.67. The maximum Gasteiger partial charge on any atom is 0.254 e. The van der Waals surface area contributed by atoms with E-state index in [1.807, 2.05) is 12.1 Å². The van der Waals surface area contributed by atoms with E-state index in [-0.39, 0.29) is 12.5 Å². The Kier molecular flexibility index (Phi) is 5.93. The Morgan fingerprint density at radius 1 is 1.61 bits per heavy atom. The molecule has 0 saturated heterocycles. The van der Waals surface area contributed by atoms with Crippen molar-refractivity contribution in [2.45, 2.75) is 13.2 Å². The van der Waals surface area contributed by atoms with E-state index < -0.39 is 6.23 Å². The number of benzene rings is 1. The van der Waals surface area contributed by atoms with Gasteiger partial charge in [-0.1, -0.05) is 27.9 Å². The summed E-state index contributed by atoms with van der Waals surface area (Å²) in [5, 5.41) is 11.3. The third-order valence-electron chi connectivity index (χ3n) is 1.97. The predicted octanol–water partition coefficient (Wildman–Crippen LogP) is 2.07. The summed E-state index contributed by atoms with van der Waals surface area (Å²) in [5.41, 5.74) is 0.454. The van der Waals surface area contributed by atoms with Gasteiger partial charge in [-0.05, 0) is 25.1 Å². The zero-order valence-corrected chi connectivity index (χ0v) is 11.3. The molecule has 0 aliphatic heterocycles. The van der Waals surface area contributed by atoms with E-state index in [1.54, 1.807) is 25.1 Å². The topological polar surface area (TPSA) is 62.1 Å². The molecular formula is C13H11BrN2O2. The lowest BCUT2D eigenvalue weighted by Gasteiger charge is -2.10. The van der Waals surface area contributed by atoms with Crippen LogP contribution in [0.3, 0.4) is 0 Å². The maximum atomic E-state index is 11.8. The van der Waals surface area contributed by atoms with Crippen LogP contribution >= 0.6 is 15.9 Å². The molecule has 0 aliphatic carbocycles. The fourth-order valence-corrected chi connectivity index (χ4v) is 1.54. The molecular weight excluding hydrogens is 296 g/mol. The number of halogens is 1. The first-order valence-corrected chi connectivity index (χ1v) is 5.94. The van der Waals surface area contributed by atoms with Gasteiger partial charge in [-0.15, -0.1) is 5.92 Å². The van der Waals surface area contributed by atoms with Gasteiger partial charge in [0.15, 0.2) is 0 Å². The van der Waals surface area contributed by atoms with Crippen LogP contribution in [0.4, 0.5) is 0 Å². The Morgan fingerprint density at radius 2 is 2.39 bits per heavy atom. The lowest BCUT2D eigenvalue weighted by atomic mass is 10.2. The minimum atomic E-state index is -1.00. The molecule has 1 rings (SSSR count). The monoisotopic (exact) mass is 306 g/mol. The number of carbonyl (C=O) groups excluding carboxylic acids is 1. The molecule has 0 radical (unpaired) electrons. The molecule has 0 bridgehead atoms. The Hall–Kier alpha value is -1.82. The number of amides is 1. The number of nitrogens with one attached hydrogen (secondary N) is 1. The summed E-state index contributed by atoms with van der Waals surface area (Å²) < 4.78 is 5.87. The minimum Gasteiger partial charge on any atom is -0.332 e. The third-order valence-corrected chi connectivity index (χ3v) is 2.46. The first kappa shape index (κ1) is 14.2. The molecule has 1 N–H and O–H groups in total. The lowest BCUT2D eigenvalue weighted by Crippen LogP contribution is -2.35. The van der Waals surface area contributed by atoms with Gasteiger partial charge in [0.2, 0.25) is 6.23 Å². The largest absolute Gasteiger partial charge is 0.332 e. The summed E-state index contributed by atoms with van der Waals surface area (Å²) >= 11 is 3.27. The average Bonchev–Trinajstić information content (AvgIpc) is 2.37. The Morgan fingerprint density at radius 3 is 3.00 bits per heavy atom. The van der Waals surface area contributed by atoms with Crippen LogP contribution in [0.1, 0.15) is 17.3 Å². The summed E-state index contributed by atoms with van der Waals surface area (Å²) in [6, 6.07) is 8.71. The molecule has 0 heterocycles. The van der Waals surface area contributed by atoms with Gasteiger partial charge in [-0.3, -0.25) is 4.79 Å². The van der Waals surface area contributed by atoms with Crippen molar-refractivity contribution in [1.82, 2.24) is 5.32 Å². The second-order valence-corrected chi connectivity index (χ2v) is 4.15. The number of hydrogen-bond donors (Lipinski definition) is 1. The van der Waals surface area contributed by atoms with E-state index >= 15 is 0 Å². The lowest BCUT2D eigenvalue weighted by molar-refractivity contribution is 0.0684. The summed E-state index contributed by atoms with van der Waals surface area (Å²) in [4.78, 5) is 11.8. The van der Waals surface area contributed by atoms with Crippen LogP contribution in [0.5, 0.6) is 0 Å². The van der Waals surface area contributed by atoms with Crippen molar-refractivity contribution < 1.29 is 9.53 Å². The third kappa shape index (κ3) is 4.58. The van der Waals surface area contributed by atoms with Crippen molar-refractivity contribution in [1.29, 1.82) is 5.26 Å². The molecule has 4 nitrogen and oxygen atoms in total. The van der Waals surface area contributed by atoms with Crippen LogP contribution in [0.2, 0.25) is 0 Å². The standard InChI is InChI=1S/C13H11BrN2O2/c1-2-3-7-18-12(9-15)16-13(17)10-5-4-6-11(14)8-10/h4-6,8,12H,7H2,1H3,(H,16,17). The number of ether oxygens (including phenoxy) is 1. The van der Waals surface area contributed by atoms with E-state index in [2.05, 4.69) is 33.1 Å². The molecule has 1 unspecified atom stereocenters. The maximum absolute atomic E-state index is 11.8. The van der Waals surface area contributed by atoms with Gasteiger partial charge in [-0.25, -0.2) is 0 Å². The van der Waals surface area contributed by atoms with E-state index in [0.29, 0.717) is 5.56 Å². The van der Waals surface area contributed by atoms with Gasteiger partial charge in [0.25, 0.3) is 5.91 Å². The smallest absolute Gasteiger partial charge is 0.254 e. The van der Waals surface area contributed by atoms with Crippen LogP contribution in [0, 0.1) is 23.2 Å². The first-order valence-electron chi connectivity index (χ1n) is 5.14. The Bertz CT molecular complexity index is 526. The van der Waals surface area contributed by atoms with Crippen molar-refractivity contribution in [3.63, 3.8) is 0 Å². The van der Waals surface area contributed by atoms with E-state index in [0.717, 1.165) is 4.47 Å². The van der Waals surface area contributed by atoms with Gasteiger partial charge in [0.1, 0.15) is 12.7 Å². The van der Waals surface area contributed by atoms with Crippen molar-refractivity contribution in [2.24, 2.45) is 0 Å². The highest BCUT2D eigenvalue weighted by molar-refractivity contribution is 9.10. The quantitative estimate of drug-likeness (QED) is 0.684. The minimum absolute atomic E-state index is 0.105. The zero-order valence-electron chi connectivity index (χ0n) is 9.74. The summed E-state index contributed by atoms with van der Waals surface area (Å²) in [6.45, 7) is 1.78. The average molecular weight is 307 g/mol. The normalized spacial score (nSPS) is 10.7. The zero-order chi connectivity index (χ0) is 13.4. The number of hydrogen-bond acceptors (Lipinski definition) is 3. The van der Waals surface area contributed by atoms with E-state index in [4.69, 9.17) is 10.00 Å². The van der Waals surface area contributed by atoms with Crippen molar-refractivity contribution in [2.75, 3.05) is 6.61 Å². The molecule has 18 heavy (non-hydrogen) atoms. The molecule has 0 aromatic heterocycles. The fourth-order valence-electron chi connectivity index (χ4n) is 1.14. The highest BCUT2D eigenvalue weighted by atomic mass is 79.9. The van der Waals surface area contributed by atoms with Crippen LogP contribution in [-0.4, -0.2) is 18.7 Å². The number of carbonyl (C=O) groups is 1. The van der Waals surface area contributed by atoms with Gasteiger partial charge in [0.05, 0.1) is 0 Å². The molecule has 0 spiro atoms. The molecule has 1 atom stereocenters. The van der Waals surface area contributed by atoms with Crippen molar-refractivity contribution >= 4 is 21.8 Å². The van der Waals surface area contributed by atoms with Crippen molar-refractivity contribution in [3.8, 4) is 17.9 Å². The Balaban J connectivity index is 2.62. The predicted molar refractivity (Wildman–Crippen MR) is 70.4 cm³/mol. The SMILES string of the molecule is CC#CCOC(C#N)NC(=O)c1cccc(Br)c1. The molecule has 92 valence electrons. The highest BCUT2D eigenvalue weighted by Crippen LogP contribution is 2.11. The molecule has 1 aromatic rings. The molecule has 1 amide bonds. The summed E-state index contributed by atoms with van der Waals surface area (Å²) in [6.07, 6.45) is -1.00. The van der Waals surface area contributed by atoms with Gasteiger partial charge in [0, 0.05) is 10.0 Å². The Labute approximate surface area is 114 Å². The summed E-state index contributed by atoms with van der Waals surface area (Å²) in [7, 11) is 0. The van der Waals surface area contributed by atoms with Crippen LogP contribution in [0.25, 0.3) is 0 Å². The second-order valence-electron chi connectivity index (χ2n) is 3.23. The highest BCUT2D eigenvalue weighted by Gasteiger charge is 2.12. The second kappa shape index (κ2) is 7.50. The van der Waals surface area contributed by atoms with Crippen LogP contribution in [-0.2, 0) is 4.74 Å². The van der Waals surface area contributed by atoms with Crippen LogP contribution in [0.15, 0.2) is 28.7 Å². The molecule has 0 fully saturated rings. The number of rotatable bonds is 4. The molecule has 0 saturated carbocycles. The van der Waals surface area contributed by atoms with E-state index in [1.165, 1.54) is 0 Å². The molecule has 5 heteroatoms. The van der Waals surface area contributed by atoms with Crippen molar-refractivity contribution in [3.05, 3.63) is 34.3 Å². The molecule has 0 aliphatic rings. The summed E-state index contributed by atoms with van der Waals surface area (Å²) in [5.74, 6) is 4.92. The molecule has 1 aromatic carbocycles. The number of nitriles is 1. The van der Waals surface area contributed by atoms with E-state index in [9.17, 15) is 4.79 Å².